The van der Waals surface area contributed by atoms with Gasteiger partial charge < -0.3 is 10.1 Å². The Kier molecular flexibility index (Phi) is 2.91. The molecule has 0 saturated heterocycles. The highest BCUT2D eigenvalue weighted by molar-refractivity contribution is 7.92. The van der Waals surface area contributed by atoms with Gasteiger partial charge >= 0.3 is 5.97 Å². The number of sulfone groups is 1. The first-order valence-corrected chi connectivity index (χ1v) is 8.65. The van der Waals surface area contributed by atoms with Gasteiger partial charge in [-0.1, -0.05) is 17.7 Å². The fraction of sp³-hybridized carbons (Fsp3) is 0. The summed E-state index contributed by atoms with van der Waals surface area (Å²) < 4.78 is 25.4. The number of rotatable bonds is 1. The van der Waals surface area contributed by atoms with E-state index in [0.717, 1.165) is 6.07 Å². The molecule has 24 heavy (non-hydrogen) atoms. The van der Waals surface area contributed by atoms with Crippen molar-refractivity contribution >= 4 is 38.3 Å². The van der Waals surface area contributed by atoms with E-state index in [0.29, 0.717) is 5.56 Å². The predicted octanol–water partition coefficient (Wildman–Crippen LogP) is 2.69. The summed E-state index contributed by atoms with van der Waals surface area (Å²) in [6.07, 6.45) is 0. The Hall–Kier alpha value is -2.64. The van der Waals surface area contributed by atoms with E-state index in [-0.39, 0.29) is 37.0 Å². The van der Waals surface area contributed by atoms with Gasteiger partial charge in [0.05, 0.1) is 20.7 Å². The molecule has 2 N–H and O–H groups in total. The van der Waals surface area contributed by atoms with E-state index in [1.54, 1.807) is 12.1 Å². The summed E-state index contributed by atoms with van der Waals surface area (Å²) in [7, 11) is -3.78. The molecule has 120 valence electrons. The Balaban J connectivity index is 2.22. The molecule has 1 aliphatic heterocycles. The van der Waals surface area contributed by atoms with Crippen LogP contribution in [0.2, 0.25) is 5.02 Å². The molecule has 0 atom stereocenters. The molecular formula is C16H8ClNO5S. The number of H-pyrrole nitrogens is 1. The maximum atomic E-state index is 12.7. The number of aromatic carboxylic acids is 1. The number of halogens is 1. The van der Waals surface area contributed by atoms with Gasteiger partial charge in [0.1, 0.15) is 5.69 Å². The molecule has 1 aliphatic rings. The van der Waals surface area contributed by atoms with E-state index in [4.69, 9.17) is 16.7 Å². The standard InChI is InChI=1S/C16H8ClNO5S/c17-7-1-2-8-13(5-7)24(22,23)12-4-3-9-15(14(8)12)11(19)6-10(18-9)16(20)21/h1-6H,(H,18,19)(H,20,21). The van der Waals surface area contributed by atoms with Crippen LogP contribution < -0.4 is 5.43 Å². The van der Waals surface area contributed by atoms with Crippen molar-refractivity contribution in [2.24, 2.45) is 0 Å². The second kappa shape index (κ2) is 4.68. The number of aromatic nitrogens is 1. The monoisotopic (exact) mass is 361 g/mol. The molecule has 0 aliphatic carbocycles. The average molecular weight is 362 g/mol. The molecule has 0 fully saturated rings. The molecule has 0 amide bonds. The first-order valence-electron chi connectivity index (χ1n) is 6.79. The third kappa shape index (κ3) is 1.85. The summed E-state index contributed by atoms with van der Waals surface area (Å²) in [4.78, 5) is 26.2. The maximum absolute atomic E-state index is 12.7. The van der Waals surface area contributed by atoms with E-state index in [2.05, 4.69) is 4.98 Å². The Morgan fingerprint density at radius 1 is 1.08 bits per heavy atom. The van der Waals surface area contributed by atoms with Crippen LogP contribution in [-0.4, -0.2) is 24.5 Å². The molecule has 0 radical (unpaired) electrons. The van der Waals surface area contributed by atoms with Crippen LogP contribution in [-0.2, 0) is 9.84 Å². The Bertz CT molecular complexity index is 1230. The number of carboxylic acids is 1. The summed E-state index contributed by atoms with van der Waals surface area (Å²) in [6.45, 7) is 0. The lowest BCUT2D eigenvalue weighted by atomic mass is 10.00. The minimum atomic E-state index is -3.78. The summed E-state index contributed by atoms with van der Waals surface area (Å²) in [5.74, 6) is -1.27. The summed E-state index contributed by atoms with van der Waals surface area (Å²) in [5.41, 5.74) is 0.100. The van der Waals surface area contributed by atoms with E-state index in [9.17, 15) is 18.0 Å². The SMILES string of the molecule is O=C(O)c1cc(=O)c2c3c(ccc2[nH]1)S(=O)(=O)c1cc(Cl)ccc1-3. The first-order chi connectivity index (χ1) is 11.3. The number of hydrogen-bond acceptors (Lipinski definition) is 4. The van der Waals surface area contributed by atoms with Crippen molar-refractivity contribution < 1.29 is 18.3 Å². The molecule has 4 rings (SSSR count). The number of benzene rings is 2. The Morgan fingerprint density at radius 3 is 2.54 bits per heavy atom. The van der Waals surface area contributed by atoms with Crippen molar-refractivity contribution in [3.05, 3.63) is 57.3 Å². The topological polar surface area (TPSA) is 104 Å². The predicted molar refractivity (Wildman–Crippen MR) is 87.4 cm³/mol. The lowest BCUT2D eigenvalue weighted by Crippen LogP contribution is -2.10. The van der Waals surface area contributed by atoms with Crippen molar-refractivity contribution in [3.63, 3.8) is 0 Å². The van der Waals surface area contributed by atoms with Crippen LogP contribution >= 0.6 is 11.6 Å². The smallest absolute Gasteiger partial charge is 0.352 e. The van der Waals surface area contributed by atoms with Crippen LogP contribution in [0, 0.1) is 0 Å². The van der Waals surface area contributed by atoms with E-state index in [1.165, 1.54) is 18.2 Å². The van der Waals surface area contributed by atoms with E-state index < -0.39 is 21.2 Å². The van der Waals surface area contributed by atoms with Gasteiger partial charge in [-0.05, 0) is 24.3 Å². The fourth-order valence-corrected chi connectivity index (χ4v) is 4.92. The van der Waals surface area contributed by atoms with Crippen LogP contribution in [0.1, 0.15) is 10.5 Å². The van der Waals surface area contributed by atoms with Gasteiger partial charge in [0, 0.05) is 22.2 Å². The van der Waals surface area contributed by atoms with Crippen molar-refractivity contribution in [1.29, 1.82) is 0 Å². The van der Waals surface area contributed by atoms with Crippen molar-refractivity contribution in [2.75, 3.05) is 0 Å². The number of nitrogens with one attached hydrogen (secondary N) is 1. The van der Waals surface area contributed by atoms with Gasteiger partial charge in [0.15, 0.2) is 5.43 Å². The van der Waals surface area contributed by atoms with Gasteiger partial charge in [0.2, 0.25) is 9.84 Å². The molecular weight excluding hydrogens is 354 g/mol. The number of pyridine rings is 1. The number of carboxylic acid groups (broad SMARTS) is 1. The minimum Gasteiger partial charge on any atom is -0.477 e. The highest BCUT2D eigenvalue weighted by Crippen LogP contribution is 2.46. The second-order valence-electron chi connectivity index (χ2n) is 5.36. The summed E-state index contributed by atoms with van der Waals surface area (Å²) >= 11 is 5.90. The van der Waals surface area contributed by atoms with E-state index >= 15 is 0 Å². The third-order valence-corrected chi connectivity index (χ3v) is 6.05. The largest absolute Gasteiger partial charge is 0.477 e. The highest BCUT2D eigenvalue weighted by atomic mass is 35.5. The number of hydrogen-bond donors (Lipinski definition) is 2. The van der Waals surface area contributed by atoms with Crippen molar-refractivity contribution in [3.8, 4) is 11.1 Å². The lowest BCUT2D eigenvalue weighted by Gasteiger charge is -2.06. The molecule has 1 aromatic heterocycles. The van der Waals surface area contributed by atoms with E-state index in [1.807, 2.05) is 0 Å². The molecule has 3 aromatic rings. The second-order valence-corrected chi connectivity index (χ2v) is 7.68. The lowest BCUT2D eigenvalue weighted by molar-refractivity contribution is 0.0691. The zero-order valence-electron chi connectivity index (χ0n) is 11.8. The van der Waals surface area contributed by atoms with Crippen LogP contribution in [0.25, 0.3) is 22.0 Å². The normalized spacial score (nSPS) is 14.4. The van der Waals surface area contributed by atoms with Gasteiger partial charge in [-0.15, -0.1) is 0 Å². The molecule has 6 nitrogen and oxygen atoms in total. The summed E-state index contributed by atoms with van der Waals surface area (Å²) in [5, 5.41) is 9.47. The van der Waals surface area contributed by atoms with Crippen LogP contribution in [0.5, 0.6) is 0 Å². The van der Waals surface area contributed by atoms with Gasteiger partial charge in [-0.2, -0.15) is 0 Å². The highest BCUT2D eigenvalue weighted by Gasteiger charge is 2.35. The minimum absolute atomic E-state index is 0.0147. The molecule has 0 bridgehead atoms. The Labute approximate surface area is 140 Å². The van der Waals surface area contributed by atoms with Gasteiger partial charge in [-0.25, -0.2) is 13.2 Å². The third-order valence-electron chi connectivity index (χ3n) is 3.98. The average Bonchev–Trinajstić information content (AvgIpc) is 2.74. The zero-order valence-corrected chi connectivity index (χ0v) is 13.4. The quantitative estimate of drug-likeness (QED) is 0.542. The van der Waals surface area contributed by atoms with Gasteiger partial charge in [0.25, 0.3) is 0 Å². The first kappa shape index (κ1) is 14.9. The molecule has 0 saturated carbocycles. The molecule has 2 heterocycles. The number of aromatic amines is 1. The molecule has 0 spiro atoms. The summed E-state index contributed by atoms with van der Waals surface area (Å²) in [6, 6.07) is 8.15. The van der Waals surface area contributed by atoms with Gasteiger partial charge in [-0.3, -0.25) is 4.79 Å². The molecule has 8 heteroatoms. The van der Waals surface area contributed by atoms with Crippen LogP contribution in [0.4, 0.5) is 0 Å². The van der Waals surface area contributed by atoms with Crippen molar-refractivity contribution in [1.82, 2.24) is 4.98 Å². The van der Waals surface area contributed by atoms with Crippen molar-refractivity contribution in [2.45, 2.75) is 9.79 Å². The Morgan fingerprint density at radius 2 is 1.83 bits per heavy atom. The molecule has 0 unspecified atom stereocenters. The zero-order chi connectivity index (χ0) is 17.2. The number of carbonyl (C=O) groups is 1. The number of fused-ring (bicyclic) bond motifs is 5. The molecule has 2 aromatic carbocycles. The van der Waals surface area contributed by atoms with Crippen LogP contribution in [0.3, 0.4) is 0 Å². The van der Waals surface area contributed by atoms with Crippen LogP contribution in [0.15, 0.2) is 51.0 Å². The maximum Gasteiger partial charge on any atom is 0.352 e. The fourth-order valence-electron chi connectivity index (χ4n) is 2.98.